The highest BCUT2D eigenvalue weighted by Gasteiger charge is 2.29. The molecule has 12 nitrogen and oxygen atoms in total. The van der Waals surface area contributed by atoms with E-state index in [9.17, 15) is 26.3 Å². The molecular weight excluding hydrogens is 858 g/mol. The minimum atomic E-state index is -4.24. The van der Waals surface area contributed by atoms with Crippen LogP contribution in [0.15, 0.2) is 91.5 Å². The van der Waals surface area contributed by atoms with Crippen LogP contribution in [-0.4, -0.2) is 74.6 Å². The van der Waals surface area contributed by atoms with Gasteiger partial charge in [0.25, 0.3) is 0 Å². The maximum atomic E-state index is 12.6. The van der Waals surface area contributed by atoms with Crippen molar-refractivity contribution in [3.05, 3.63) is 114 Å². The van der Waals surface area contributed by atoms with E-state index < -0.39 is 25.2 Å². The number of aromatic amines is 2. The van der Waals surface area contributed by atoms with Crippen molar-refractivity contribution in [3.63, 3.8) is 0 Å². The molecule has 0 radical (unpaired) electrons. The molecule has 0 saturated heterocycles. The third kappa shape index (κ3) is 9.91. The van der Waals surface area contributed by atoms with E-state index in [1.807, 2.05) is 73.9 Å². The molecule has 4 N–H and O–H groups in total. The second kappa shape index (κ2) is 17.5. The first-order chi connectivity index (χ1) is 30.8. The number of imidazole rings is 4. The summed E-state index contributed by atoms with van der Waals surface area (Å²) in [5.41, 5.74) is 9.61. The highest BCUT2D eigenvalue weighted by Crippen LogP contribution is 2.40. The quantitative estimate of drug-likeness (QED) is 0.0838. The SMILES string of the molecule is C/C=C/c1cc(NCCC(F)(F)F)c2ncc(-c3ccc(-c4cnc(C5CC5)[nH]4)cc3)n2n1.FC(F)(F)CCNc1cc(Cl)nn2c(-c3ccc(-c4cnc(C5CC5)[nH]4)cc3)cnc12. The van der Waals surface area contributed by atoms with E-state index in [-0.39, 0.29) is 18.2 Å². The van der Waals surface area contributed by atoms with Crippen molar-refractivity contribution < 1.29 is 26.3 Å². The van der Waals surface area contributed by atoms with Crippen molar-refractivity contribution in [1.29, 1.82) is 0 Å². The maximum Gasteiger partial charge on any atom is 0.390 e. The molecule has 0 amide bonds. The van der Waals surface area contributed by atoms with Crippen LogP contribution in [0.2, 0.25) is 5.15 Å². The molecule has 0 spiro atoms. The Morgan fingerprint density at radius 3 is 1.50 bits per heavy atom. The average molecular weight is 899 g/mol. The Morgan fingerprint density at radius 1 is 0.625 bits per heavy atom. The molecule has 19 heteroatoms. The molecule has 330 valence electrons. The zero-order valence-corrected chi connectivity index (χ0v) is 35.0. The molecule has 0 aliphatic heterocycles. The standard InChI is InChI=1S/C24H23F3N6.C21H18ClF3N6/c1-2-3-18-12-19(28-11-10-24(25,26)27)23-30-14-21(33(23)32-18)16-6-4-15(5-7-16)20-13-29-22(31-20)17-8-9-17;22-18-9-15(26-8-7-21(23,24)25)20-28-11-17(31(20)30-18)13-3-1-12(2-4-13)16-10-27-19(29-16)14-5-6-14/h2-7,12-14,17,28H,8-11H2,1H3,(H,29,31);1-4,9-11,14,26H,5-8H2,(H,27,29)/b3-2+;. The molecule has 6 heterocycles. The van der Waals surface area contributed by atoms with Gasteiger partial charge in [0.2, 0.25) is 0 Å². The van der Waals surface area contributed by atoms with E-state index in [0.29, 0.717) is 45.9 Å². The van der Waals surface area contributed by atoms with Gasteiger partial charge in [0.05, 0.1) is 77.5 Å². The largest absolute Gasteiger partial charge is 0.390 e. The van der Waals surface area contributed by atoms with Crippen molar-refractivity contribution in [2.24, 2.45) is 0 Å². The summed E-state index contributed by atoms with van der Waals surface area (Å²) in [7, 11) is 0. The topological polar surface area (TPSA) is 142 Å². The Bertz CT molecular complexity index is 2920. The van der Waals surface area contributed by atoms with E-state index in [2.05, 4.69) is 50.7 Å². The molecular formula is C45H41ClF6N12. The summed E-state index contributed by atoms with van der Waals surface area (Å²) >= 11 is 6.11. The molecule has 0 bridgehead atoms. The van der Waals surface area contributed by atoms with Crippen LogP contribution in [0.1, 0.15) is 74.6 Å². The number of benzene rings is 2. The number of aromatic nitrogens is 10. The number of nitrogens with one attached hydrogen (secondary N) is 4. The zero-order chi connectivity index (χ0) is 44.6. The minimum absolute atomic E-state index is 0.156. The lowest BCUT2D eigenvalue weighted by Crippen LogP contribution is -2.15. The molecule has 0 unspecified atom stereocenters. The van der Waals surface area contributed by atoms with E-state index >= 15 is 0 Å². The lowest BCUT2D eigenvalue weighted by Gasteiger charge is -2.11. The number of fused-ring (bicyclic) bond motifs is 2. The summed E-state index contributed by atoms with van der Waals surface area (Å²) in [6.07, 6.45) is 5.06. The van der Waals surface area contributed by atoms with E-state index in [0.717, 1.165) is 51.0 Å². The van der Waals surface area contributed by atoms with Crippen LogP contribution >= 0.6 is 11.6 Å². The van der Waals surface area contributed by atoms with Gasteiger partial charge < -0.3 is 20.6 Å². The number of hydrogen-bond donors (Lipinski definition) is 4. The van der Waals surface area contributed by atoms with Gasteiger partial charge in [-0.25, -0.2) is 29.0 Å². The Balaban J connectivity index is 0.000000162. The van der Waals surface area contributed by atoms with Crippen LogP contribution in [0.3, 0.4) is 0 Å². The molecule has 2 saturated carbocycles. The van der Waals surface area contributed by atoms with Gasteiger partial charge in [0.15, 0.2) is 16.4 Å². The summed E-state index contributed by atoms with van der Waals surface area (Å²) in [6.45, 7) is 1.35. The van der Waals surface area contributed by atoms with Crippen LogP contribution in [0.5, 0.6) is 0 Å². The summed E-state index contributed by atoms with van der Waals surface area (Å²) < 4.78 is 78.4. The van der Waals surface area contributed by atoms with Gasteiger partial charge in [-0.3, -0.25) is 0 Å². The first kappa shape index (κ1) is 42.6. The first-order valence-corrected chi connectivity index (χ1v) is 21.1. The molecule has 2 aromatic carbocycles. The molecule has 64 heavy (non-hydrogen) atoms. The maximum absolute atomic E-state index is 12.6. The van der Waals surface area contributed by atoms with Crippen molar-refractivity contribution in [2.45, 2.75) is 69.6 Å². The first-order valence-electron chi connectivity index (χ1n) is 20.8. The minimum Gasteiger partial charge on any atom is -0.382 e. The Morgan fingerprint density at radius 2 is 1.06 bits per heavy atom. The van der Waals surface area contributed by atoms with Gasteiger partial charge in [-0.15, -0.1) is 0 Å². The highest BCUT2D eigenvalue weighted by molar-refractivity contribution is 6.29. The van der Waals surface area contributed by atoms with Crippen molar-refractivity contribution in [3.8, 4) is 45.0 Å². The van der Waals surface area contributed by atoms with Crippen LogP contribution in [-0.2, 0) is 0 Å². The average Bonchev–Trinajstić information content (AvgIpc) is 4.06. The van der Waals surface area contributed by atoms with Crippen molar-refractivity contribution in [1.82, 2.24) is 49.1 Å². The molecule has 6 aromatic heterocycles. The predicted octanol–water partition coefficient (Wildman–Crippen LogP) is 11.7. The number of H-pyrrole nitrogens is 2. The third-order valence-corrected chi connectivity index (χ3v) is 11.0. The van der Waals surface area contributed by atoms with Gasteiger partial charge in [-0.05, 0) is 55.9 Å². The normalized spacial score (nSPS) is 14.4. The fourth-order valence-corrected chi connectivity index (χ4v) is 7.43. The van der Waals surface area contributed by atoms with Crippen LogP contribution < -0.4 is 10.6 Å². The summed E-state index contributed by atoms with van der Waals surface area (Å²) in [4.78, 5) is 24.5. The van der Waals surface area contributed by atoms with E-state index in [1.54, 1.807) is 29.1 Å². The Hall–Kier alpha value is -6.69. The summed E-state index contributed by atoms with van der Waals surface area (Å²) in [6, 6.07) is 19.0. The van der Waals surface area contributed by atoms with Gasteiger partial charge in [0, 0.05) is 42.1 Å². The van der Waals surface area contributed by atoms with E-state index in [1.165, 1.54) is 36.3 Å². The van der Waals surface area contributed by atoms with Crippen LogP contribution in [0.4, 0.5) is 37.7 Å². The second-order valence-electron chi connectivity index (χ2n) is 15.8. The van der Waals surface area contributed by atoms with Crippen molar-refractivity contribution in [2.75, 3.05) is 23.7 Å². The number of halogens is 7. The fourth-order valence-electron chi connectivity index (χ4n) is 7.25. The fraction of sp³-hybridized carbons (Fsp3) is 0.289. The Kier molecular flexibility index (Phi) is 11.6. The number of allylic oxidation sites excluding steroid dienone is 1. The Labute approximate surface area is 367 Å². The predicted molar refractivity (Wildman–Crippen MR) is 234 cm³/mol. The van der Waals surface area contributed by atoms with Gasteiger partial charge in [0.1, 0.15) is 11.6 Å². The monoisotopic (exact) mass is 898 g/mol. The third-order valence-electron chi connectivity index (χ3n) is 10.8. The molecule has 2 fully saturated rings. The van der Waals surface area contributed by atoms with Crippen LogP contribution in [0.25, 0.3) is 62.4 Å². The zero-order valence-electron chi connectivity index (χ0n) is 34.3. The number of anilines is 2. The van der Waals surface area contributed by atoms with Gasteiger partial charge >= 0.3 is 12.4 Å². The van der Waals surface area contributed by atoms with Crippen LogP contribution in [0, 0.1) is 0 Å². The summed E-state index contributed by atoms with van der Waals surface area (Å²) in [5.74, 6) is 3.20. The molecule has 0 atom stereocenters. The number of hydrogen-bond acceptors (Lipinski definition) is 8. The second-order valence-corrected chi connectivity index (χ2v) is 16.2. The number of alkyl halides is 6. The molecule has 2 aliphatic rings. The van der Waals surface area contributed by atoms with Crippen molar-refractivity contribution >= 4 is 40.3 Å². The number of rotatable bonds is 13. The number of nitrogens with zero attached hydrogens (tertiary/aromatic N) is 8. The van der Waals surface area contributed by atoms with Gasteiger partial charge in [-0.1, -0.05) is 66.2 Å². The van der Waals surface area contributed by atoms with Gasteiger partial charge in [-0.2, -0.15) is 36.5 Å². The smallest absolute Gasteiger partial charge is 0.382 e. The van der Waals surface area contributed by atoms with E-state index in [4.69, 9.17) is 11.6 Å². The molecule has 10 rings (SSSR count). The summed E-state index contributed by atoms with van der Waals surface area (Å²) in [5, 5.41) is 14.7. The highest BCUT2D eigenvalue weighted by atomic mass is 35.5. The lowest BCUT2D eigenvalue weighted by atomic mass is 10.1. The molecule has 2 aliphatic carbocycles. The molecule has 8 aromatic rings. The lowest BCUT2D eigenvalue weighted by molar-refractivity contribution is -0.132.